The van der Waals surface area contributed by atoms with Gasteiger partial charge in [-0.25, -0.2) is 4.98 Å². The first-order valence-electron chi connectivity index (χ1n) is 10.3. The standard InChI is InChI=1S/C23H21N3O4/c27-23-22-21(15-4-1-2-6-17(15)30-22)24-20(25-23)13-26-9-3-5-16(26)14-7-8-18-19(12-14)29-11-10-28-18/h1-2,4,6-8,12,16H,3,5,9-11,13H2,(H,24,25,27)/t16-/m1/s1. The number of H-pyrrole nitrogens is 1. The lowest BCUT2D eigenvalue weighted by Crippen LogP contribution is -2.25. The first-order valence-corrected chi connectivity index (χ1v) is 10.3. The lowest BCUT2D eigenvalue weighted by Gasteiger charge is -2.26. The van der Waals surface area contributed by atoms with Gasteiger partial charge in [0.1, 0.15) is 30.1 Å². The Bertz CT molecular complexity index is 1310. The monoisotopic (exact) mass is 403 g/mol. The maximum Gasteiger partial charge on any atom is 0.294 e. The van der Waals surface area contributed by atoms with Crippen LogP contribution in [-0.4, -0.2) is 34.6 Å². The number of nitrogens with one attached hydrogen (secondary N) is 1. The van der Waals surface area contributed by atoms with Gasteiger partial charge < -0.3 is 18.9 Å². The van der Waals surface area contributed by atoms with E-state index in [1.807, 2.05) is 30.3 Å². The molecule has 6 rings (SSSR count). The molecule has 1 saturated heterocycles. The summed E-state index contributed by atoms with van der Waals surface area (Å²) < 4.78 is 17.1. The molecule has 30 heavy (non-hydrogen) atoms. The Morgan fingerprint density at radius 2 is 1.97 bits per heavy atom. The van der Waals surface area contributed by atoms with E-state index < -0.39 is 0 Å². The highest BCUT2D eigenvalue weighted by Crippen LogP contribution is 2.38. The molecule has 152 valence electrons. The molecule has 7 heteroatoms. The van der Waals surface area contributed by atoms with Gasteiger partial charge in [0.05, 0.1) is 6.54 Å². The molecule has 0 bridgehead atoms. The number of rotatable bonds is 3. The van der Waals surface area contributed by atoms with Crippen molar-refractivity contribution in [2.45, 2.75) is 25.4 Å². The second kappa shape index (κ2) is 6.88. The average molecular weight is 403 g/mol. The highest BCUT2D eigenvalue weighted by molar-refractivity contribution is 6.01. The predicted octanol–water partition coefficient (Wildman–Crippen LogP) is 3.78. The molecule has 0 saturated carbocycles. The largest absolute Gasteiger partial charge is 0.486 e. The van der Waals surface area contributed by atoms with Gasteiger partial charge in [-0.3, -0.25) is 9.69 Å². The van der Waals surface area contributed by atoms with Crippen LogP contribution in [0.5, 0.6) is 11.5 Å². The van der Waals surface area contributed by atoms with Gasteiger partial charge in [0, 0.05) is 11.4 Å². The van der Waals surface area contributed by atoms with Crippen LogP contribution >= 0.6 is 0 Å². The zero-order chi connectivity index (χ0) is 20.1. The van der Waals surface area contributed by atoms with Crippen molar-refractivity contribution in [3.05, 3.63) is 64.2 Å². The van der Waals surface area contributed by atoms with Gasteiger partial charge in [0.2, 0.25) is 5.58 Å². The van der Waals surface area contributed by atoms with E-state index in [1.165, 1.54) is 5.56 Å². The zero-order valence-corrected chi connectivity index (χ0v) is 16.4. The molecule has 1 atom stereocenters. The number of hydrogen-bond donors (Lipinski definition) is 1. The molecule has 2 aromatic heterocycles. The molecule has 1 fully saturated rings. The van der Waals surface area contributed by atoms with Crippen LogP contribution in [0.25, 0.3) is 22.1 Å². The Labute approximate surface area is 172 Å². The van der Waals surface area contributed by atoms with Gasteiger partial charge in [0.15, 0.2) is 11.5 Å². The van der Waals surface area contributed by atoms with Crippen molar-refractivity contribution in [3.8, 4) is 11.5 Å². The lowest BCUT2D eigenvalue weighted by molar-refractivity contribution is 0.170. The minimum absolute atomic E-state index is 0.235. The summed E-state index contributed by atoms with van der Waals surface area (Å²) in [7, 11) is 0. The van der Waals surface area contributed by atoms with E-state index in [2.05, 4.69) is 22.0 Å². The third-order valence-corrected chi connectivity index (χ3v) is 5.95. The summed E-state index contributed by atoms with van der Waals surface area (Å²) in [6.07, 6.45) is 2.15. The van der Waals surface area contributed by atoms with Crippen LogP contribution in [-0.2, 0) is 6.54 Å². The third kappa shape index (κ3) is 2.85. The number of nitrogens with zero attached hydrogens (tertiary/aromatic N) is 2. The normalized spacial score (nSPS) is 19.0. The molecule has 0 radical (unpaired) electrons. The van der Waals surface area contributed by atoms with Crippen molar-refractivity contribution < 1.29 is 13.9 Å². The maximum atomic E-state index is 12.6. The highest BCUT2D eigenvalue weighted by atomic mass is 16.6. The molecule has 2 aromatic carbocycles. The van der Waals surface area contributed by atoms with E-state index >= 15 is 0 Å². The van der Waals surface area contributed by atoms with Crippen LogP contribution in [0.4, 0.5) is 0 Å². The first kappa shape index (κ1) is 17.5. The second-order valence-electron chi connectivity index (χ2n) is 7.82. The Hall–Kier alpha value is -3.32. The molecule has 4 heterocycles. The van der Waals surface area contributed by atoms with Gasteiger partial charge in [0.25, 0.3) is 5.56 Å². The van der Waals surface area contributed by atoms with Crippen molar-refractivity contribution >= 4 is 22.1 Å². The SMILES string of the molecule is O=c1[nH]c(CN2CCC[C@@H]2c2ccc3c(c2)OCCO3)nc2c1oc1ccccc12. The van der Waals surface area contributed by atoms with Gasteiger partial charge in [-0.1, -0.05) is 18.2 Å². The maximum absolute atomic E-state index is 12.6. The summed E-state index contributed by atoms with van der Waals surface area (Å²) in [4.78, 5) is 22.6. The topological polar surface area (TPSA) is 80.6 Å². The second-order valence-corrected chi connectivity index (χ2v) is 7.82. The van der Waals surface area contributed by atoms with Crippen LogP contribution in [0.1, 0.15) is 30.3 Å². The fraction of sp³-hybridized carbons (Fsp3) is 0.304. The Morgan fingerprint density at radius 1 is 1.10 bits per heavy atom. The molecular weight excluding hydrogens is 382 g/mol. The van der Waals surface area contributed by atoms with E-state index in [1.54, 1.807) is 0 Å². The summed E-state index contributed by atoms with van der Waals surface area (Å²) in [5.41, 5.74) is 2.55. The summed E-state index contributed by atoms with van der Waals surface area (Å²) in [6.45, 7) is 2.69. The third-order valence-electron chi connectivity index (χ3n) is 5.95. The van der Waals surface area contributed by atoms with E-state index in [9.17, 15) is 4.79 Å². The average Bonchev–Trinajstić information content (AvgIpc) is 3.38. The Balaban J connectivity index is 1.33. The van der Waals surface area contributed by atoms with E-state index in [-0.39, 0.29) is 17.2 Å². The number of furan rings is 1. The number of ether oxygens (including phenoxy) is 2. The number of hydrogen-bond acceptors (Lipinski definition) is 6. The van der Waals surface area contributed by atoms with E-state index in [4.69, 9.17) is 18.9 Å². The summed E-state index contributed by atoms with van der Waals surface area (Å²) in [5.74, 6) is 2.27. The summed E-state index contributed by atoms with van der Waals surface area (Å²) in [5, 5.41) is 0.865. The van der Waals surface area contributed by atoms with Gasteiger partial charge in [-0.05, 0) is 49.2 Å². The van der Waals surface area contributed by atoms with Crippen LogP contribution in [0.3, 0.4) is 0 Å². The molecule has 2 aliphatic heterocycles. The predicted molar refractivity (Wildman–Crippen MR) is 112 cm³/mol. The van der Waals surface area contributed by atoms with Crippen LogP contribution < -0.4 is 15.0 Å². The minimum Gasteiger partial charge on any atom is -0.486 e. The Kier molecular flexibility index (Phi) is 4.02. The number of aromatic nitrogens is 2. The van der Waals surface area contributed by atoms with Crippen LogP contribution in [0, 0.1) is 0 Å². The van der Waals surface area contributed by atoms with Crippen LogP contribution in [0.2, 0.25) is 0 Å². The zero-order valence-electron chi connectivity index (χ0n) is 16.4. The number of fused-ring (bicyclic) bond motifs is 4. The van der Waals surface area contributed by atoms with Gasteiger partial charge >= 0.3 is 0 Å². The van der Waals surface area contributed by atoms with Gasteiger partial charge in [-0.2, -0.15) is 0 Å². The molecule has 1 N–H and O–H groups in total. The smallest absolute Gasteiger partial charge is 0.294 e. The minimum atomic E-state index is -0.235. The van der Waals surface area contributed by atoms with Gasteiger partial charge in [-0.15, -0.1) is 0 Å². The molecule has 7 nitrogen and oxygen atoms in total. The molecule has 0 unspecified atom stereocenters. The summed E-state index contributed by atoms with van der Waals surface area (Å²) >= 11 is 0. The van der Waals surface area contributed by atoms with E-state index in [0.29, 0.717) is 36.7 Å². The van der Waals surface area contributed by atoms with Crippen molar-refractivity contribution in [2.75, 3.05) is 19.8 Å². The number of para-hydroxylation sites is 1. The number of benzene rings is 2. The molecule has 4 aromatic rings. The summed E-state index contributed by atoms with van der Waals surface area (Å²) in [6, 6.07) is 14.0. The van der Waals surface area contributed by atoms with E-state index in [0.717, 1.165) is 36.3 Å². The number of aromatic amines is 1. The van der Waals surface area contributed by atoms with Crippen molar-refractivity contribution in [2.24, 2.45) is 0 Å². The quantitative estimate of drug-likeness (QED) is 0.561. The highest BCUT2D eigenvalue weighted by Gasteiger charge is 2.28. The fourth-order valence-corrected chi connectivity index (χ4v) is 4.57. The molecule has 2 aliphatic rings. The fourth-order valence-electron chi connectivity index (χ4n) is 4.57. The molecule has 0 aliphatic carbocycles. The molecule has 0 spiro atoms. The molecule has 0 amide bonds. The molecular formula is C23H21N3O4. The lowest BCUT2D eigenvalue weighted by atomic mass is 10.0. The Morgan fingerprint density at radius 3 is 2.90 bits per heavy atom. The number of likely N-dealkylation sites (tertiary alicyclic amines) is 1. The first-order chi connectivity index (χ1) is 14.8. The van der Waals surface area contributed by atoms with Crippen LogP contribution in [0.15, 0.2) is 51.7 Å². The van der Waals surface area contributed by atoms with Crippen molar-refractivity contribution in [1.29, 1.82) is 0 Å². The van der Waals surface area contributed by atoms with Crippen molar-refractivity contribution in [3.63, 3.8) is 0 Å². The van der Waals surface area contributed by atoms with Crippen molar-refractivity contribution in [1.82, 2.24) is 14.9 Å².